The van der Waals surface area contributed by atoms with Gasteiger partial charge in [0.1, 0.15) is 5.75 Å². The Hall–Kier alpha value is -2.38. The highest BCUT2D eigenvalue weighted by atomic mass is 32.2. The molecule has 0 spiro atoms. The molecule has 0 unspecified atom stereocenters. The Labute approximate surface area is 173 Å². The summed E-state index contributed by atoms with van der Waals surface area (Å²) in [6, 6.07) is 12.7. The number of para-hydroxylation sites is 1. The second-order valence-corrected chi connectivity index (χ2v) is 9.92. The summed E-state index contributed by atoms with van der Waals surface area (Å²) in [5, 5.41) is 0. The molecule has 1 heterocycles. The van der Waals surface area contributed by atoms with Crippen molar-refractivity contribution in [3.05, 3.63) is 53.6 Å². The zero-order valence-electron chi connectivity index (χ0n) is 17.5. The number of benzene rings is 2. The molecule has 3 rings (SSSR count). The molecule has 1 aliphatic heterocycles. The van der Waals surface area contributed by atoms with E-state index in [9.17, 15) is 13.2 Å². The number of anilines is 1. The van der Waals surface area contributed by atoms with E-state index in [-0.39, 0.29) is 16.7 Å². The molecule has 0 bridgehead atoms. The average Bonchev–Trinajstić information content (AvgIpc) is 3.10. The van der Waals surface area contributed by atoms with Crippen LogP contribution >= 0.6 is 0 Å². The fourth-order valence-corrected chi connectivity index (χ4v) is 4.46. The lowest BCUT2D eigenvalue weighted by atomic mass is 10.0. The van der Waals surface area contributed by atoms with Gasteiger partial charge >= 0.3 is 0 Å². The molecule has 1 aliphatic rings. The Kier molecular flexibility index (Phi) is 6.00. The molecule has 2 aromatic rings. The maximum Gasteiger partial charge on any atom is 0.267 e. The number of sulfonamides is 1. The summed E-state index contributed by atoms with van der Waals surface area (Å²) >= 11 is 0. The van der Waals surface area contributed by atoms with E-state index < -0.39 is 16.1 Å². The van der Waals surface area contributed by atoms with Gasteiger partial charge in [0.2, 0.25) is 10.0 Å². The van der Waals surface area contributed by atoms with Gasteiger partial charge in [-0.3, -0.25) is 4.79 Å². The van der Waals surface area contributed by atoms with E-state index >= 15 is 0 Å². The fraction of sp³-hybridized carbons (Fsp3) is 0.409. The molecular formula is C22H28N2O4S. The molecule has 156 valence electrons. The molecule has 0 N–H and O–H groups in total. The normalized spacial score (nSPS) is 14.9. The van der Waals surface area contributed by atoms with Crippen molar-refractivity contribution in [2.75, 3.05) is 25.5 Å². The SMILES string of the molecule is CC(C)c1ccccc1O[C@H](C)C(=O)N1CCc2cc(S(=O)(=O)N(C)C)ccc21. The number of carbonyl (C=O) groups excluding carboxylic acids is 1. The summed E-state index contributed by atoms with van der Waals surface area (Å²) in [7, 11) is -0.488. The minimum atomic E-state index is -3.50. The monoisotopic (exact) mass is 416 g/mol. The molecule has 0 saturated carbocycles. The maximum absolute atomic E-state index is 13.1. The highest BCUT2D eigenvalue weighted by molar-refractivity contribution is 7.89. The van der Waals surface area contributed by atoms with Gasteiger partial charge in [0, 0.05) is 26.3 Å². The Morgan fingerprint density at radius 3 is 2.45 bits per heavy atom. The van der Waals surface area contributed by atoms with Crippen molar-refractivity contribution in [2.45, 2.75) is 44.1 Å². The third-order valence-electron chi connectivity index (χ3n) is 5.18. The number of hydrogen-bond donors (Lipinski definition) is 0. The first-order valence-corrected chi connectivity index (χ1v) is 11.2. The van der Waals surface area contributed by atoms with Crippen LogP contribution < -0.4 is 9.64 Å². The van der Waals surface area contributed by atoms with Crippen LogP contribution in [0.15, 0.2) is 47.4 Å². The van der Waals surface area contributed by atoms with Crippen LogP contribution in [0.25, 0.3) is 0 Å². The van der Waals surface area contributed by atoms with E-state index in [4.69, 9.17) is 4.74 Å². The van der Waals surface area contributed by atoms with Gasteiger partial charge < -0.3 is 9.64 Å². The van der Waals surface area contributed by atoms with Crippen molar-refractivity contribution in [1.29, 1.82) is 0 Å². The number of amides is 1. The van der Waals surface area contributed by atoms with E-state index in [1.807, 2.05) is 24.3 Å². The Morgan fingerprint density at radius 2 is 1.79 bits per heavy atom. The summed E-state index contributed by atoms with van der Waals surface area (Å²) in [5.74, 6) is 0.874. The Bertz CT molecular complexity index is 1020. The van der Waals surface area contributed by atoms with Crippen molar-refractivity contribution in [3.8, 4) is 5.75 Å². The molecule has 0 radical (unpaired) electrons. The standard InChI is InChI=1S/C22H28N2O4S/c1-15(2)19-8-6-7-9-21(19)28-16(3)22(25)24-13-12-17-14-18(10-11-20(17)24)29(26,27)23(4)5/h6-11,14-16H,12-13H2,1-5H3/t16-/m1/s1. The predicted molar refractivity (Wildman–Crippen MR) is 114 cm³/mol. The highest BCUT2D eigenvalue weighted by Crippen LogP contribution is 2.32. The first kappa shape index (κ1) is 21.3. The summed E-state index contributed by atoms with van der Waals surface area (Å²) in [6.07, 6.45) is -0.0290. The van der Waals surface area contributed by atoms with Crippen molar-refractivity contribution in [2.24, 2.45) is 0 Å². The number of nitrogens with zero attached hydrogens (tertiary/aromatic N) is 2. The van der Waals surface area contributed by atoms with Gasteiger partial charge in [-0.05, 0) is 54.7 Å². The van der Waals surface area contributed by atoms with E-state index in [0.29, 0.717) is 13.0 Å². The molecule has 0 fully saturated rings. The Morgan fingerprint density at radius 1 is 1.10 bits per heavy atom. The van der Waals surface area contributed by atoms with Gasteiger partial charge in [-0.25, -0.2) is 12.7 Å². The van der Waals surface area contributed by atoms with Gasteiger partial charge in [-0.1, -0.05) is 32.0 Å². The third kappa shape index (κ3) is 4.16. The lowest BCUT2D eigenvalue weighted by Gasteiger charge is -2.24. The van der Waals surface area contributed by atoms with E-state index in [1.165, 1.54) is 18.4 Å². The number of carbonyl (C=O) groups is 1. The highest BCUT2D eigenvalue weighted by Gasteiger charge is 2.31. The summed E-state index contributed by atoms with van der Waals surface area (Å²) in [6.45, 7) is 6.44. The van der Waals surface area contributed by atoms with Gasteiger partial charge in [0.15, 0.2) is 6.10 Å². The zero-order valence-corrected chi connectivity index (χ0v) is 18.4. The van der Waals surface area contributed by atoms with Crippen LogP contribution in [0.2, 0.25) is 0 Å². The van der Waals surface area contributed by atoms with Gasteiger partial charge in [0.25, 0.3) is 5.91 Å². The van der Waals surface area contributed by atoms with E-state index in [1.54, 1.807) is 30.0 Å². The van der Waals surface area contributed by atoms with Gasteiger partial charge in [-0.15, -0.1) is 0 Å². The second kappa shape index (κ2) is 8.16. The summed E-state index contributed by atoms with van der Waals surface area (Å²) in [4.78, 5) is 15.0. The van der Waals surface area contributed by atoms with Crippen LogP contribution in [-0.4, -0.2) is 45.4 Å². The van der Waals surface area contributed by atoms with Crippen LogP contribution in [-0.2, 0) is 21.2 Å². The van der Waals surface area contributed by atoms with Crippen LogP contribution in [0.3, 0.4) is 0 Å². The van der Waals surface area contributed by atoms with Crippen LogP contribution in [0.5, 0.6) is 5.75 Å². The molecule has 1 amide bonds. The number of fused-ring (bicyclic) bond motifs is 1. The van der Waals surface area contributed by atoms with Crippen LogP contribution in [0, 0.1) is 0 Å². The van der Waals surface area contributed by atoms with Gasteiger partial charge in [-0.2, -0.15) is 0 Å². The molecular weight excluding hydrogens is 388 g/mol. The molecule has 0 saturated heterocycles. The second-order valence-electron chi connectivity index (χ2n) is 7.77. The molecule has 1 atom stereocenters. The number of ether oxygens (including phenoxy) is 1. The van der Waals surface area contributed by atoms with Crippen molar-refractivity contribution >= 4 is 21.6 Å². The fourth-order valence-electron chi connectivity index (χ4n) is 3.50. The smallest absolute Gasteiger partial charge is 0.267 e. The summed E-state index contributed by atoms with van der Waals surface area (Å²) in [5.41, 5.74) is 2.67. The third-order valence-corrected chi connectivity index (χ3v) is 6.99. The average molecular weight is 417 g/mol. The molecule has 7 heteroatoms. The van der Waals surface area contributed by atoms with Crippen molar-refractivity contribution < 1.29 is 17.9 Å². The topological polar surface area (TPSA) is 66.9 Å². The Balaban J connectivity index is 1.81. The first-order chi connectivity index (χ1) is 13.6. The van der Waals surface area contributed by atoms with Crippen LogP contribution in [0.1, 0.15) is 37.8 Å². The largest absolute Gasteiger partial charge is 0.481 e. The van der Waals surface area contributed by atoms with E-state index in [2.05, 4.69) is 13.8 Å². The van der Waals surface area contributed by atoms with Crippen LogP contribution in [0.4, 0.5) is 5.69 Å². The molecule has 6 nitrogen and oxygen atoms in total. The molecule has 0 aromatic heterocycles. The van der Waals surface area contributed by atoms with Gasteiger partial charge in [0.05, 0.1) is 4.90 Å². The van der Waals surface area contributed by atoms with Crippen molar-refractivity contribution in [1.82, 2.24) is 4.31 Å². The lowest BCUT2D eigenvalue weighted by molar-refractivity contribution is -0.124. The lowest BCUT2D eigenvalue weighted by Crippen LogP contribution is -2.39. The van der Waals surface area contributed by atoms with E-state index in [0.717, 1.165) is 22.6 Å². The number of rotatable bonds is 6. The first-order valence-electron chi connectivity index (χ1n) is 9.75. The number of hydrogen-bond acceptors (Lipinski definition) is 4. The molecule has 0 aliphatic carbocycles. The quantitative estimate of drug-likeness (QED) is 0.724. The van der Waals surface area contributed by atoms with Crippen molar-refractivity contribution in [3.63, 3.8) is 0 Å². The minimum absolute atomic E-state index is 0.134. The molecule has 2 aromatic carbocycles. The zero-order chi connectivity index (χ0) is 21.3. The summed E-state index contributed by atoms with van der Waals surface area (Å²) < 4.78 is 31.9. The maximum atomic E-state index is 13.1. The predicted octanol–water partition coefficient (Wildman–Crippen LogP) is 3.42. The minimum Gasteiger partial charge on any atom is -0.481 e. The molecule has 29 heavy (non-hydrogen) atoms.